The first kappa shape index (κ1) is 25.8. The summed E-state index contributed by atoms with van der Waals surface area (Å²) in [6.07, 6.45) is 0. The summed E-state index contributed by atoms with van der Waals surface area (Å²) in [6.45, 7) is 3.93. The second-order valence-corrected chi connectivity index (χ2v) is 7.93. The van der Waals surface area contributed by atoms with Gasteiger partial charge in [-0.25, -0.2) is 0 Å². The maximum atomic E-state index is 12.7. The molecule has 0 radical (unpaired) electrons. The lowest BCUT2D eigenvalue weighted by Gasteiger charge is -2.24. The Labute approximate surface area is 201 Å². The molecule has 0 atom stereocenters. The summed E-state index contributed by atoms with van der Waals surface area (Å²) in [7, 11) is 0. The second kappa shape index (κ2) is 15.2. The summed E-state index contributed by atoms with van der Waals surface area (Å²) in [4.78, 5) is 28.9. The van der Waals surface area contributed by atoms with E-state index >= 15 is 0 Å². The molecule has 2 aromatic rings. The van der Waals surface area contributed by atoms with Crippen LogP contribution in [-0.2, 0) is 41.6 Å². The van der Waals surface area contributed by atoms with Crippen molar-refractivity contribution >= 4 is 11.8 Å². The fourth-order valence-corrected chi connectivity index (χ4v) is 3.48. The Morgan fingerprint density at radius 3 is 1.32 bits per heavy atom. The molecule has 3 rings (SSSR count). The van der Waals surface area contributed by atoms with Gasteiger partial charge in [0.15, 0.2) is 0 Å². The molecule has 1 fully saturated rings. The Bertz CT molecular complexity index is 777. The normalized spacial score (nSPS) is 18.4. The van der Waals surface area contributed by atoms with Gasteiger partial charge >= 0.3 is 0 Å². The molecule has 34 heavy (non-hydrogen) atoms. The first-order valence-corrected chi connectivity index (χ1v) is 11.7. The number of ether oxygens (including phenoxy) is 4. The highest BCUT2D eigenvalue weighted by Gasteiger charge is 2.16. The van der Waals surface area contributed by atoms with Crippen LogP contribution in [0.2, 0.25) is 0 Å². The first-order chi connectivity index (χ1) is 16.7. The van der Waals surface area contributed by atoms with Crippen LogP contribution in [0.1, 0.15) is 11.1 Å². The second-order valence-electron chi connectivity index (χ2n) is 7.93. The van der Waals surface area contributed by atoms with Crippen molar-refractivity contribution in [3.8, 4) is 0 Å². The lowest BCUT2D eigenvalue weighted by Crippen LogP contribution is -2.37. The van der Waals surface area contributed by atoms with Crippen molar-refractivity contribution in [3.63, 3.8) is 0 Å². The number of rotatable bonds is 4. The molecule has 1 saturated heterocycles. The van der Waals surface area contributed by atoms with E-state index in [2.05, 4.69) is 0 Å². The summed E-state index contributed by atoms with van der Waals surface area (Å²) in [5.74, 6) is -0.232. The molecule has 0 unspecified atom stereocenters. The van der Waals surface area contributed by atoms with E-state index in [0.717, 1.165) is 11.1 Å². The molecule has 184 valence electrons. The zero-order valence-corrected chi connectivity index (χ0v) is 19.6. The van der Waals surface area contributed by atoms with Crippen molar-refractivity contribution in [2.24, 2.45) is 0 Å². The minimum Gasteiger partial charge on any atom is -0.377 e. The molecule has 1 aliphatic heterocycles. The van der Waals surface area contributed by atoms with Gasteiger partial charge in [0.2, 0.25) is 11.8 Å². The quantitative estimate of drug-likeness (QED) is 0.681. The topological polar surface area (TPSA) is 77.5 Å². The van der Waals surface area contributed by atoms with Crippen molar-refractivity contribution in [2.45, 2.75) is 13.1 Å². The molecular weight excluding hydrogens is 436 g/mol. The molecule has 0 N–H and O–H groups in total. The van der Waals surface area contributed by atoms with E-state index < -0.39 is 0 Å². The van der Waals surface area contributed by atoms with E-state index in [1.165, 1.54) is 0 Å². The van der Waals surface area contributed by atoms with E-state index in [4.69, 9.17) is 18.9 Å². The zero-order chi connectivity index (χ0) is 23.8. The van der Waals surface area contributed by atoms with E-state index in [-0.39, 0.29) is 38.2 Å². The summed E-state index contributed by atoms with van der Waals surface area (Å²) in [5, 5.41) is 0. The highest BCUT2D eigenvalue weighted by atomic mass is 16.5. The highest BCUT2D eigenvalue weighted by molar-refractivity contribution is 5.78. The van der Waals surface area contributed by atoms with Crippen LogP contribution in [0.3, 0.4) is 0 Å². The fourth-order valence-electron chi connectivity index (χ4n) is 3.48. The molecule has 0 saturated carbocycles. The predicted octanol–water partition coefficient (Wildman–Crippen LogP) is 2.12. The van der Waals surface area contributed by atoms with Gasteiger partial charge in [-0.2, -0.15) is 0 Å². The van der Waals surface area contributed by atoms with Crippen molar-refractivity contribution < 1.29 is 28.5 Å². The Morgan fingerprint density at radius 1 is 0.529 bits per heavy atom. The van der Waals surface area contributed by atoms with Gasteiger partial charge in [0, 0.05) is 26.2 Å². The number of carbonyl (C=O) groups is 2. The van der Waals surface area contributed by atoms with Gasteiger partial charge in [-0.05, 0) is 11.1 Å². The van der Waals surface area contributed by atoms with Crippen LogP contribution in [0.4, 0.5) is 0 Å². The molecule has 0 aromatic heterocycles. The number of hydrogen-bond acceptors (Lipinski definition) is 6. The van der Waals surface area contributed by atoms with E-state index in [0.29, 0.717) is 52.6 Å². The van der Waals surface area contributed by atoms with Crippen molar-refractivity contribution in [3.05, 3.63) is 71.8 Å². The molecular formula is C26H34N2O6. The molecule has 8 heteroatoms. The van der Waals surface area contributed by atoms with Gasteiger partial charge < -0.3 is 28.7 Å². The standard InChI is InChI=1S/C26H34N2O6/c29-25-21-33-17-18-34-22-26(30)28(20-24-9-5-2-6-10-24)12-14-32-16-15-31-13-11-27(25)19-23-7-3-1-4-8-23/h1-10H,11-22H2. The van der Waals surface area contributed by atoms with Gasteiger partial charge in [0.25, 0.3) is 0 Å². The van der Waals surface area contributed by atoms with Gasteiger partial charge in [-0.3, -0.25) is 9.59 Å². The van der Waals surface area contributed by atoms with Crippen LogP contribution in [0.5, 0.6) is 0 Å². The van der Waals surface area contributed by atoms with Crippen LogP contribution < -0.4 is 0 Å². The van der Waals surface area contributed by atoms with Crippen molar-refractivity contribution in [2.75, 3.05) is 65.9 Å². The van der Waals surface area contributed by atoms with Crippen molar-refractivity contribution in [1.82, 2.24) is 9.80 Å². The summed E-state index contributed by atoms with van der Waals surface area (Å²) in [5.41, 5.74) is 2.09. The summed E-state index contributed by atoms with van der Waals surface area (Å²) in [6, 6.07) is 19.6. The average Bonchev–Trinajstić information content (AvgIpc) is 2.86. The molecule has 1 heterocycles. The molecule has 0 spiro atoms. The van der Waals surface area contributed by atoms with E-state index in [1.54, 1.807) is 9.80 Å². The smallest absolute Gasteiger partial charge is 0.248 e. The van der Waals surface area contributed by atoms with Crippen LogP contribution in [0, 0.1) is 0 Å². The van der Waals surface area contributed by atoms with E-state index in [1.807, 2.05) is 60.7 Å². The van der Waals surface area contributed by atoms with Gasteiger partial charge in [0.05, 0.1) is 39.6 Å². The van der Waals surface area contributed by atoms with Crippen LogP contribution in [0.25, 0.3) is 0 Å². The third kappa shape index (κ3) is 9.61. The third-order valence-corrected chi connectivity index (χ3v) is 5.34. The number of hydrogen-bond donors (Lipinski definition) is 0. The van der Waals surface area contributed by atoms with Crippen molar-refractivity contribution in [1.29, 1.82) is 0 Å². The molecule has 2 aromatic carbocycles. The van der Waals surface area contributed by atoms with Crippen LogP contribution in [-0.4, -0.2) is 87.6 Å². The molecule has 8 nitrogen and oxygen atoms in total. The number of carbonyl (C=O) groups excluding carboxylic acids is 2. The Hall–Kier alpha value is -2.78. The van der Waals surface area contributed by atoms with E-state index in [9.17, 15) is 9.59 Å². The number of amides is 2. The zero-order valence-electron chi connectivity index (χ0n) is 19.6. The molecule has 1 aliphatic rings. The van der Waals surface area contributed by atoms with Gasteiger partial charge in [0.1, 0.15) is 13.2 Å². The fraction of sp³-hybridized carbons (Fsp3) is 0.462. The average molecular weight is 471 g/mol. The molecule has 2 amide bonds. The lowest BCUT2D eigenvalue weighted by molar-refractivity contribution is -0.141. The minimum atomic E-state index is -0.116. The molecule has 0 aliphatic carbocycles. The highest BCUT2D eigenvalue weighted by Crippen LogP contribution is 2.07. The maximum Gasteiger partial charge on any atom is 0.248 e. The summed E-state index contributed by atoms with van der Waals surface area (Å²) < 4.78 is 22.4. The van der Waals surface area contributed by atoms with Gasteiger partial charge in [-0.15, -0.1) is 0 Å². The monoisotopic (exact) mass is 470 g/mol. The summed E-state index contributed by atoms with van der Waals surface area (Å²) >= 11 is 0. The predicted molar refractivity (Wildman–Crippen MR) is 127 cm³/mol. The Kier molecular flexibility index (Phi) is 11.5. The maximum absolute atomic E-state index is 12.7. The minimum absolute atomic E-state index is 0.0482. The Morgan fingerprint density at radius 2 is 0.912 bits per heavy atom. The molecule has 0 bridgehead atoms. The SMILES string of the molecule is O=C1COCCOCC(=O)N(Cc2ccccc2)CCOCCOCCN1Cc1ccccc1. The number of benzene rings is 2. The number of nitrogens with zero attached hydrogens (tertiary/aromatic N) is 2. The first-order valence-electron chi connectivity index (χ1n) is 11.7. The van der Waals surface area contributed by atoms with Crippen LogP contribution >= 0.6 is 0 Å². The largest absolute Gasteiger partial charge is 0.377 e. The third-order valence-electron chi connectivity index (χ3n) is 5.34. The Balaban J connectivity index is 1.52. The van der Waals surface area contributed by atoms with Gasteiger partial charge in [-0.1, -0.05) is 60.7 Å². The van der Waals surface area contributed by atoms with Crippen LogP contribution in [0.15, 0.2) is 60.7 Å². The lowest BCUT2D eigenvalue weighted by atomic mass is 10.2.